The first-order valence-corrected chi connectivity index (χ1v) is 6.97. The van der Waals surface area contributed by atoms with Crippen molar-refractivity contribution in [3.8, 4) is 0 Å². The molecule has 1 fully saturated rings. The van der Waals surface area contributed by atoms with Crippen LogP contribution in [0.4, 0.5) is 8.78 Å². The Labute approximate surface area is 120 Å². The predicted octanol–water partition coefficient (Wildman–Crippen LogP) is 1.40. The zero-order valence-corrected chi connectivity index (χ0v) is 12.0. The maximum absolute atomic E-state index is 13.8. The van der Waals surface area contributed by atoms with E-state index in [4.69, 9.17) is 4.52 Å². The molecule has 0 aromatic carbocycles. The predicted molar refractivity (Wildman–Crippen MR) is 68.8 cm³/mol. The molecule has 1 aliphatic carbocycles. The molecular formula is C13H19F2N3O3. The highest BCUT2D eigenvalue weighted by Gasteiger charge is 2.60. The Morgan fingerprint density at radius 3 is 2.67 bits per heavy atom. The van der Waals surface area contributed by atoms with Gasteiger partial charge < -0.3 is 14.9 Å². The molecule has 1 aromatic rings. The van der Waals surface area contributed by atoms with Crippen molar-refractivity contribution in [2.75, 3.05) is 6.54 Å². The van der Waals surface area contributed by atoms with Gasteiger partial charge in [0.2, 0.25) is 5.89 Å². The van der Waals surface area contributed by atoms with E-state index in [0.717, 1.165) is 0 Å². The fourth-order valence-electron chi connectivity index (χ4n) is 2.04. The lowest BCUT2D eigenvalue weighted by atomic mass is 9.75. The molecule has 0 unspecified atom stereocenters. The third-order valence-electron chi connectivity index (χ3n) is 3.67. The van der Waals surface area contributed by atoms with Crippen molar-refractivity contribution in [1.29, 1.82) is 0 Å². The fraction of sp³-hybridized carbons (Fsp3) is 0.769. The van der Waals surface area contributed by atoms with E-state index in [9.17, 15) is 18.7 Å². The number of rotatable bonds is 6. The van der Waals surface area contributed by atoms with Crippen molar-refractivity contribution >= 4 is 5.91 Å². The Kier molecular flexibility index (Phi) is 4.27. The molecule has 0 bridgehead atoms. The molecule has 118 valence electrons. The van der Waals surface area contributed by atoms with Crippen LogP contribution in [0, 0.1) is 0 Å². The summed E-state index contributed by atoms with van der Waals surface area (Å²) in [6.07, 6.45) is 0.545. The lowest BCUT2D eigenvalue weighted by Gasteiger charge is -2.41. The normalized spacial score (nSPS) is 17.6. The summed E-state index contributed by atoms with van der Waals surface area (Å²) in [6.45, 7) is 3.75. The summed E-state index contributed by atoms with van der Waals surface area (Å²) >= 11 is 0. The number of hydrogen-bond donors (Lipinski definition) is 2. The van der Waals surface area contributed by atoms with Gasteiger partial charge in [0.15, 0.2) is 5.82 Å². The van der Waals surface area contributed by atoms with Crippen LogP contribution in [0.1, 0.15) is 50.7 Å². The number of amides is 1. The van der Waals surface area contributed by atoms with E-state index in [1.54, 1.807) is 0 Å². The molecule has 21 heavy (non-hydrogen) atoms. The minimum atomic E-state index is -3.77. The van der Waals surface area contributed by atoms with Gasteiger partial charge in [-0.25, -0.2) is 0 Å². The second-order valence-corrected chi connectivity index (χ2v) is 5.67. The van der Waals surface area contributed by atoms with E-state index in [-0.39, 0.29) is 37.6 Å². The summed E-state index contributed by atoms with van der Waals surface area (Å²) < 4.78 is 32.5. The van der Waals surface area contributed by atoms with Gasteiger partial charge in [0, 0.05) is 18.9 Å². The minimum absolute atomic E-state index is 0.0514. The van der Waals surface area contributed by atoms with E-state index in [1.165, 1.54) is 0 Å². The molecule has 1 aliphatic rings. The van der Waals surface area contributed by atoms with Gasteiger partial charge in [-0.15, -0.1) is 0 Å². The first-order chi connectivity index (χ1) is 9.76. The molecule has 0 radical (unpaired) electrons. The Morgan fingerprint density at radius 1 is 1.52 bits per heavy atom. The Hall–Kier alpha value is -1.57. The van der Waals surface area contributed by atoms with Crippen LogP contribution in [0.15, 0.2) is 4.52 Å². The summed E-state index contributed by atoms with van der Waals surface area (Å²) in [7, 11) is 0. The number of aromatic nitrogens is 2. The fourth-order valence-corrected chi connectivity index (χ4v) is 2.04. The minimum Gasteiger partial charge on any atom is -0.383 e. The highest BCUT2D eigenvalue weighted by atomic mass is 19.3. The first kappa shape index (κ1) is 15.8. The monoisotopic (exact) mass is 303 g/mol. The van der Waals surface area contributed by atoms with Crippen LogP contribution in [0.5, 0.6) is 0 Å². The van der Waals surface area contributed by atoms with E-state index >= 15 is 0 Å². The number of carbonyl (C=O) groups excluding carboxylic acids is 1. The number of aliphatic hydroxyl groups is 1. The number of nitrogens with zero attached hydrogens (tertiary/aromatic N) is 2. The molecular weight excluding hydrogens is 284 g/mol. The third-order valence-corrected chi connectivity index (χ3v) is 3.67. The molecule has 0 spiro atoms. The molecule has 6 nitrogen and oxygen atoms in total. The zero-order chi connectivity index (χ0) is 15.7. The van der Waals surface area contributed by atoms with Gasteiger partial charge in [-0.2, -0.15) is 13.8 Å². The van der Waals surface area contributed by atoms with Crippen LogP contribution in [-0.2, 0) is 11.2 Å². The standard InChI is InChI=1S/C13H19F2N3O3/c1-8(2)10-17-9(21-18-10)4-7-16-11(19)13(14,15)12(20)5-3-6-12/h8,20H,3-7H2,1-2H3,(H,16,19). The number of carbonyl (C=O) groups is 1. The number of halogens is 2. The van der Waals surface area contributed by atoms with Crippen molar-refractivity contribution in [3.05, 3.63) is 11.7 Å². The second-order valence-electron chi connectivity index (χ2n) is 5.67. The summed E-state index contributed by atoms with van der Waals surface area (Å²) in [4.78, 5) is 15.6. The zero-order valence-electron chi connectivity index (χ0n) is 12.0. The maximum atomic E-state index is 13.8. The van der Waals surface area contributed by atoms with Gasteiger partial charge in [-0.1, -0.05) is 19.0 Å². The lowest BCUT2D eigenvalue weighted by Crippen LogP contribution is -2.60. The van der Waals surface area contributed by atoms with Crippen molar-refractivity contribution in [1.82, 2.24) is 15.5 Å². The average Bonchev–Trinajstić information content (AvgIpc) is 2.84. The number of alkyl halides is 2. The number of nitrogens with one attached hydrogen (secondary N) is 1. The summed E-state index contributed by atoms with van der Waals surface area (Å²) in [6, 6.07) is 0. The molecule has 0 atom stereocenters. The van der Waals surface area contributed by atoms with E-state index < -0.39 is 17.4 Å². The molecule has 0 saturated heterocycles. The van der Waals surface area contributed by atoms with Crippen LogP contribution in [0.25, 0.3) is 0 Å². The maximum Gasteiger partial charge on any atom is 0.352 e. The highest BCUT2D eigenvalue weighted by molar-refractivity contribution is 5.85. The number of hydrogen-bond acceptors (Lipinski definition) is 5. The quantitative estimate of drug-likeness (QED) is 0.829. The van der Waals surface area contributed by atoms with Crippen LogP contribution < -0.4 is 5.32 Å². The molecule has 0 aliphatic heterocycles. The molecule has 2 N–H and O–H groups in total. The smallest absolute Gasteiger partial charge is 0.352 e. The Morgan fingerprint density at radius 2 is 2.19 bits per heavy atom. The Balaban J connectivity index is 1.83. The molecule has 1 heterocycles. The SMILES string of the molecule is CC(C)c1noc(CCNC(=O)C(F)(F)C2(O)CCC2)n1. The van der Waals surface area contributed by atoms with E-state index in [0.29, 0.717) is 12.2 Å². The largest absolute Gasteiger partial charge is 0.383 e. The van der Waals surface area contributed by atoms with Gasteiger partial charge in [-0.05, 0) is 19.3 Å². The van der Waals surface area contributed by atoms with Crippen LogP contribution in [0.2, 0.25) is 0 Å². The molecule has 1 amide bonds. The van der Waals surface area contributed by atoms with E-state index in [2.05, 4.69) is 15.5 Å². The molecule has 8 heteroatoms. The molecule has 1 aromatic heterocycles. The van der Waals surface area contributed by atoms with Gasteiger partial charge >= 0.3 is 5.92 Å². The van der Waals surface area contributed by atoms with Gasteiger partial charge in [0.05, 0.1) is 0 Å². The van der Waals surface area contributed by atoms with Crippen molar-refractivity contribution in [2.45, 2.75) is 57.0 Å². The topological polar surface area (TPSA) is 88.2 Å². The van der Waals surface area contributed by atoms with E-state index in [1.807, 2.05) is 13.8 Å². The summed E-state index contributed by atoms with van der Waals surface area (Å²) in [5.74, 6) is -4.32. The first-order valence-electron chi connectivity index (χ1n) is 6.97. The second kappa shape index (κ2) is 5.67. The van der Waals surface area contributed by atoms with Gasteiger partial charge in [0.1, 0.15) is 5.60 Å². The van der Waals surface area contributed by atoms with Crippen molar-refractivity contribution in [2.24, 2.45) is 0 Å². The van der Waals surface area contributed by atoms with Crippen molar-refractivity contribution < 1.29 is 23.2 Å². The molecule has 2 rings (SSSR count). The third kappa shape index (κ3) is 3.04. The van der Waals surface area contributed by atoms with Crippen LogP contribution in [0.3, 0.4) is 0 Å². The molecule has 1 saturated carbocycles. The lowest BCUT2D eigenvalue weighted by molar-refractivity contribution is -0.215. The van der Waals surface area contributed by atoms with Crippen LogP contribution in [-0.4, -0.2) is 39.2 Å². The van der Waals surface area contributed by atoms with Gasteiger partial charge in [-0.3, -0.25) is 4.79 Å². The highest BCUT2D eigenvalue weighted by Crippen LogP contribution is 2.44. The summed E-state index contributed by atoms with van der Waals surface area (Å²) in [5.41, 5.74) is -2.20. The van der Waals surface area contributed by atoms with Crippen LogP contribution >= 0.6 is 0 Å². The van der Waals surface area contributed by atoms with Crippen molar-refractivity contribution in [3.63, 3.8) is 0 Å². The van der Waals surface area contributed by atoms with Gasteiger partial charge in [0.25, 0.3) is 5.91 Å². The summed E-state index contributed by atoms with van der Waals surface area (Å²) in [5, 5.41) is 15.5. The Bertz CT molecular complexity index is 513. The average molecular weight is 303 g/mol.